The molecule has 152 valence electrons. The molecule has 0 aromatic carbocycles. The number of carbonyl (C=O) groups excluding carboxylic acids is 5. The van der Waals surface area contributed by atoms with Gasteiger partial charge in [0, 0.05) is 34.6 Å². The van der Waals surface area contributed by atoms with Gasteiger partial charge in [-0.2, -0.15) is 0 Å². The number of hydrogen-bond donors (Lipinski definition) is 1. The van der Waals surface area contributed by atoms with Crippen molar-refractivity contribution in [2.75, 3.05) is 6.61 Å². The van der Waals surface area contributed by atoms with E-state index in [4.69, 9.17) is 23.7 Å². The molecule has 1 aliphatic heterocycles. The number of nitrogens with one attached hydrogen (secondary N) is 1. The molecule has 1 heterocycles. The summed E-state index contributed by atoms with van der Waals surface area (Å²) >= 11 is 0. The lowest BCUT2D eigenvalue weighted by atomic mass is 9.96. The molecule has 0 unspecified atom stereocenters. The second-order valence-electron chi connectivity index (χ2n) is 5.83. The summed E-state index contributed by atoms with van der Waals surface area (Å²) < 4.78 is 25.9. The molecule has 0 aromatic heterocycles. The van der Waals surface area contributed by atoms with Crippen LogP contribution in [0.25, 0.3) is 0 Å². The first-order valence-corrected chi connectivity index (χ1v) is 8.08. The predicted molar refractivity (Wildman–Crippen MR) is 85.8 cm³/mol. The Morgan fingerprint density at radius 1 is 0.778 bits per heavy atom. The van der Waals surface area contributed by atoms with E-state index in [-0.39, 0.29) is 6.61 Å². The van der Waals surface area contributed by atoms with E-state index in [0.29, 0.717) is 0 Å². The number of esters is 4. The third-order valence-electron chi connectivity index (χ3n) is 3.35. The van der Waals surface area contributed by atoms with E-state index in [9.17, 15) is 24.0 Å². The fourth-order valence-electron chi connectivity index (χ4n) is 2.55. The first kappa shape index (κ1) is 22.4. The van der Waals surface area contributed by atoms with Crippen molar-refractivity contribution < 1.29 is 47.7 Å². The van der Waals surface area contributed by atoms with Crippen LogP contribution in [0.2, 0.25) is 0 Å². The van der Waals surface area contributed by atoms with Crippen molar-refractivity contribution in [1.29, 1.82) is 0 Å². The summed E-state index contributed by atoms with van der Waals surface area (Å²) in [5.41, 5.74) is 0. The maximum absolute atomic E-state index is 11.6. The fourth-order valence-corrected chi connectivity index (χ4v) is 2.55. The molecule has 1 rings (SSSR count). The third kappa shape index (κ3) is 7.21. The van der Waals surface area contributed by atoms with Gasteiger partial charge in [-0.3, -0.25) is 24.0 Å². The van der Waals surface area contributed by atoms with Gasteiger partial charge in [-0.15, -0.1) is 0 Å². The van der Waals surface area contributed by atoms with Crippen LogP contribution in [0.5, 0.6) is 0 Å². The lowest BCUT2D eigenvalue weighted by Crippen LogP contribution is -2.66. The molecule has 0 bridgehead atoms. The average molecular weight is 389 g/mol. The first-order chi connectivity index (χ1) is 12.5. The Bertz CT molecular complexity index is 604. The quantitative estimate of drug-likeness (QED) is 0.453. The zero-order valence-electron chi connectivity index (χ0n) is 15.7. The minimum atomic E-state index is -1.37. The summed E-state index contributed by atoms with van der Waals surface area (Å²) in [7, 11) is 0. The second kappa shape index (κ2) is 9.86. The summed E-state index contributed by atoms with van der Waals surface area (Å²) in [5.74, 6) is -3.34. The lowest BCUT2D eigenvalue weighted by molar-refractivity contribution is -0.270. The van der Waals surface area contributed by atoms with E-state index in [1.165, 1.54) is 6.92 Å². The smallest absolute Gasteiger partial charge is 0.305 e. The molecule has 0 aromatic rings. The van der Waals surface area contributed by atoms with Crippen LogP contribution in [0, 0.1) is 0 Å². The molecule has 5 atom stereocenters. The van der Waals surface area contributed by atoms with Gasteiger partial charge in [0.1, 0.15) is 18.8 Å². The summed E-state index contributed by atoms with van der Waals surface area (Å²) in [6, 6.07) is -1.16. The molecule has 0 saturated carbocycles. The zero-order chi connectivity index (χ0) is 20.7. The Morgan fingerprint density at radius 3 is 1.74 bits per heavy atom. The van der Waals surface area contributed by atoms with Gasteiger partial charge in [-0.05, 0) is 0 Å². The zero-order valence-corrected chi connectivity index (χ0v) is 15.7. The summed E-state index contributed by atoms with van der Waals surface area (Å²) in [4.78, 5) is 57.2. The van der Waals surface area contributed by atoms with Gasteiger partial charge in [0.15, 0.2) is 12.2 Å². The SMILES string of the molecule is CC(=O)N[C@H]1[C@H](OC(C)=O)O[C@H](COC(C)=O)[C@H](OC(C)=O)[C@@H]1OC(C)=O. The molecule has 0 aliphatic carbocycles. The van der Waals surface area contributed by atoms with E-state index in [0.717, 1.165) is 27.7 Å². The van der Waals surface area contributed by atoms with Crippen LogP contribution >= 0.6 is 0 Å². The molecule has 0 spiro atoms. The molecular weight excluding hydrogens is 366 g/mol. The summed E-state index contributed by atoms with van der Waals surface area (Å²) in [5, 5.41) is 2.46. The Balaban J connectivity index is 3.29. The van der Waals surface area contributed by atoms with Gasteiger partial charge in [0.05, 0.1) is 0 Å². The van der Waals surface area contributed by atoms with Gasteiger partial charge in [0.2, 0.25) is 12.2 Å². The van der Waals surface area contributed by atoms with E-state index >= 15 is 0 Å². The molecule has 1 fully saturated rings. The minimum absolute atomic E-state index is 0.365. The van der Waals surface area contributed by atoms with Crippen LogP contribution < -0.4 is 5.32 Å². The Labute approximate surface area is 155 Å². The largest absolute Gasteiger partial charge is 0.463 e. The lowest BCUT2D eigenvalue weighted by Gasteiger charge is -2.44. The van der Waals surface area contributed by atoms with Crippen LogP contribution in [-0.2, 0) is 47.7 Å². The van der Waals surface area contributed by atoms with Gasteiger partial charge in [-0.1, -0.05) is 0 Å². The van der Waals surface area contributed by atoms with E-state index in [2.05, 4.69) is 5.32 Å². The van der Waals surface area contributed by atoms with Crippen LogP contribution in [0.15, 0.2) is 0 Å². The highest BCUT2D eigenvalue weighted by Gasteiger charge is 2.52. The number of hydrogen-bond acceptors (Lipinski definition) is 10. The van der Waals surface area contributed by atoms with Crippen LogP contribution in [0.1, 0.15) is 34.6 Å². The Kier molecular flexibility index (Phi) is 8.16. The van der Waals surface area contributed by atoms with Crippen LogP contribution in [-0.4, -0.2) is 67.0 Å². The van der Waals surface area contributed by atoms with Gasteiger partial charge >= 0.3 is 23.9 Å². The number of carbonyl (C=O) groups is 5. The molecular formula is C16H23NO10. The van der Waals surface area contributed by atoms with Crippen molar-refractivity contribution in [3.05, 3.63) is 0 Å². The Morgan fingerprint density at radius 2 is 1.30 bits per heavy atom. The fraction of sp³-hybridized carbons (Fsp3) is 0.688. The molecule has 0 radical (unpaired) electrons. The standard InChI is InChI=1S/C16H23NO10/c1-7(18)17-13-15(25-10(4)21)14(24-9(3)20)12(6-23-8(2)19)27-16(13)26-11(5)22/h12-16H,6H2,1-5H3,(H,17,18)/t12-,13-,14+,15-,16-/m1/s1. The number of ether oxygens (including phenoxy) is 5. The van der Waals surface area contributed by atoms with Gasteiger partial charge in [-0.25, -0.2) is 0 Å². The van der Waals surface area contributed by atoms with Crippen molar-refractivity contribution in [3.63, 3.8) is 0 Å². The van der Waals surface area contributed by atoms with Crippen LogP contribution in [0.3, 0.4) is 0 Å². The molecule has 11 heteroatoms. The van der Waals surface area contributed by atoms with Crippen LogP contribution in [0.4, 0.5) is 0 Å². The topological polar surface area (TPSA) is 144 Å². The highest BCUT2D eigenvalue weighted by molar-refractivity contribution is 5.74. The van der Waals surface area contributed by atoms with Gasteiger partial charge < -0.3 is 29.0 Å². The van der Waals surface area contributed by atoms with E-state index in [1.54, 1.807) is 0 Å². The van der Waals surface area contributed by atoms with Crippen molar-refractivity contribution in [2.45, 2.75) is 65.3 Å². The third-order valence-corrected chi connectivity index (χ3v) is 3.35. The average Bonchev–Trinajstić information content (AvgIpc) is 2.49. The monoisotopic (exact) mass is 389 g/mol. The molecule has 11 nitrogen and oxygen atoms in total. The maximum Gasteiger partial charge on any atom is 0.305 e. The highest BCUT2D eigenvalue weighted by atomic mass is 16.7. The van der Waals surface area contributed by atoms with Crippen molar-refractivity contribution in [1.82, 2.24) is 5.32 Å². The molecule has 27 heavy (non-hydrogen) atoms. The highest BCUT2D eigenvalue weighted by Crippen LogP contribution is 2.28. The number of amides is 1. The maximum atomic E-state index is 11.6. The Hall–Kier alpha value is -2.69. The molecule has 1 saturated heterocycles. The van der Waals surface area contributed by atoms with E-state index in [1.807, 2.05) is 0 Å². The first-order valence-electron chi connectivity index (χ1n) is 8.08. The summed E-state index contributed by atoms with van der Waals surface area (Å²) in [6.07, 6.45) is -4.97. The molecule has 1 N–H and O–H groups in total. The second-order valence-corrected chi connectivity index (χ2v) is 5.83. The molecule has 1 aliphatic rings. The van der Waals surface area contributed by atoms with E-state index < -0.39 is 60.4 Å². The minimum Gasteiger partial charge on any atom is -0.463 e. The number of rotatable bonds is 6. The molecule has 1 amide bonds. The van der Waals surface area contributed by atoms with Gasteiger partial charge in [0.25, 0.3) is 0 Å². The normalized spacial score (nSPS) is 27.1. The van der Waals surface area contributed by atoms with Crippen molar-refractivity contribution in [2.24, 2.45) is 0 Å². The van der Waals surface area contributed by atoms with Crippen molar-refractivity contribution in [3.8, 4) is 0 Å². The summed E-state index contributed by atoms with van der Waals surface area (Å²) in [6.45, 7) is 5.36. The predicted octanol–water partition coefficient (Wildman–Crippen LogP) is -0.794. The van der Waals surface area contributed by atoms with Crippen molar-refractivity contribution >= 4 is 29.8 Å².